The second-order valence-electron chi connectivity index (χ2n) is 8.55. The van der Waals surface area contributed by atoms with E-state index >= 15 is 0 Å². The number of carbonyl (C=O) groups excluding carboxylic acids is 1. The van der Waals surface area contributed by atoms with Crippen molar-refractivity contribution in [2.45, 2.75) is 31.6 Å². The Morgan fingerprint density at radius 3 is 2.66 bits per heavy atom. The highest BCUT2D eigenvalue weighted by molar-refractivity contribution is 7.99. The van der Waals surface area contributed by atoms with Gasteiger partial charge in [-0.05, 0) is 61.7 Å². The molecule has 0 spiro atoms. The summed E-state index contributed by atoms with van der Waals surface area (Å²) in [5, 5.41) is 0.810. The average molecular weight is 536 g/mol. The first-order chi connectivity index (χ1) is 16.5. The van der Waals surface area contributed by atoms with Crippen LogP contribution in [0.15, 0.2) is 41.3 Å². The Morgan fingerprint density at radius 2 is 1.94 bits per heavy atom. The summed E-state index contributed by atoms with van der Waals surface area (Å²) in [7, 11) is 1.67. The lowest BCUT2D eigenvalue weighted by Crippen LogP contribution is -2.39. The number of amides is 1. The van der Waals surface area contributed by atoms with Crippen LogP contribution in [0.2, 0.25) is 0 Å². The summed E-state index contributed by atoms with van der Waals surface area (Å²) in [4.78, 5) is 23.7. The highest BCUT2D eigenvalue weighted by atomic mass is 35.5. The number of thioether (sulfide) groups is 1. The second kappa shape index (κ2) is 13.5. The molecule has 3 aromatic rings. The maximum absolute atomic E-state index is 13.4. The van der Waals surface area contributed by atoms with Gasteiger partial charge in [0.25, 0.3) is 0 Å². The molecule has 9 heteroatoms. The molecule has 0 saturated carbocycles. The molecule has 4 rings (SSSR count). The SMILES string of the molecule is COc1ccc(SCCC(=O)N(CCCN2CCOCC2)c2nc3cc(C)cc(C)c3s2)cc1.Cl. The van der Waals surface area contributed by atoms with E-state index in [4.69, 9.17) is 14.5 Å². The molecule has 0 bridgehead atoms. The molecule has 0 N–H and O–H groups in total. The molecule has 0 aliphatic carbocycles. The van der Waals surface area contributed by atoms with Crippen LogP contribution in [0.5, 0.6) is 5.75 Å². The zero-order valence-electron chi connectivity index (χ0n) is 20.6. The van der Waals surface area contributed by atoms with E-state index in [-0.39, 0.29) is 18.3 Å². The number of hydrogen-bond donors (Lipinski definition) is 0. The van der Waals surface area contributed by atoms with Crippen LogP contribution in [-0.2, 0) is 9.53 Å². The van der Waals surface area contributed by atoms with Crippen LogP contribution in [0.3, 0.4) is 0 Å². The van der Waals surface area contributed by atoms with Gasteiger partial charge in [0.05, 0.1) is 30.5 Å². The summed E-state index contributed by atoms with van der Waals surface area (Å²) in [6.45, 7) is 9.38. The number of anilines is 1. The van der Waals surface area contributed by atoms with E-state index in [0.29, 0.717) is 13.0 Å². The summed E-state index contributed by atoms with van der Waals surface area (Å²) in [5.74, 6) is 1.71. The highest BCUT2D eigenvalue weighted by Gasteiger charge is 2.21. The fourth-order valence-electron chi connectivity index (χ4n) is 4.15. The molecule has 0 radical (unpaired) electrons. The predicted molar refractivity (Wildman–Crippen MR) is 149 cm³/mol. The number of hydrogen-bond acceptors (Lipinski definition) is 7. The van der Waals surface area contributed by atoms with Crippen molar-refractivity contribution in [2.24, 2.45) is 0 Å². The van der Waals surface area contributed by atoms with Crippen molar-refractivity contribution in [3.8, 4) is 5.75 Å². The molecule has 1 amide bonds. The number of thiazole rings is 1. The molecule has 1 aliphatic rings. The first-order valence-electron chi connectivity index (χ1n) is 11.8. The molecular weight excluding hydrogens is 502 g/mol. The Labute approximate surface area is 222 Å². The zero-order valence-corrected chi connectivity index (χ0v) is 23.1. The van der Waals surface area contributed by atoms with Crippen LogP contribution >= 0.6 is 35.5 Å². The van der Waals surface area contributed by atoms with E-state index in [0.717, 1.165) is 66.3 Å². The lowest BCUT2D eigenvalue weighted by Gasteiger charge is -2.27. The maximum Gasteiger partial charge on any atom is 0.229 e. The third-order valence-electron chi connectivity index (χ3n) is 5.94. The number of fused-ring (bicyclic) bond motifs is 1. The van der Waals surface area contributed by atoms with Crippen LogP contribution in [0.4, 0.5) is 5.13 Å². The monoisotopic (exact) mass is 535 g/mol. The minimum atomic E-state index is 0. The van der Waals surface area contributed by atoms with Gasteiger partial charge in [0.15, 0.2) is 5.13 Å². The molecular formula is C26H34ClN3O3S2. The van der Waals surface area contributed by atoms with E-state index < -0.39 is 0 Å². The summed E-state index contributed by atoms with van der Waals surface area (Å²) < 4.78 is 11.9. The number of halogens is 1. The smallest absolute Gasteiger partial charge is 0.229 e. The number of carbonyl (C=O) groups is 1. The van der Waals surface area contributed by atoms with Gasteiger partial charge in [-0.2, -0.15) is 0 Å². The van der Waals surface area contributed by atoms with Gasteiger partial charge in [-0.3, -0.25) is 14.6 Å². The van der Waals surface area contributed by atoms with Gasteiger partial charge in [0.2, 0.25) is 5.91 Å². The highest BCUT2D eigenvalue weighted by Crippen LogP contribution is 2.33. The number of aromatic nitrogens is 1. The van der Waals surface area contributed by atoms with Crippen LogP contribution in [0.25, 0.3) is 10.2 Å². The van der Waals surface area contributed by atoms with E-state index in [2.05, 4.69) is 30.9 Å². The Bertz CT molecular complexity index is 1100. The van der Waals surface area contributed by atoms with Gasteiger partial charge in [-0.15, -0.1) is 24.2 Å². The Balaban J connectivity index is 0.00000342. The van der Waals surface area contributed by atoms with Gasteiger partial charge in [0.1, 0.15) is 5.75 Å². The third kappa shape index (κ3) is 7.57. The maximum atomic E-state index is 13.4. The molecule has 0 unspecified atom stereocenters. The Kier molecular flexibility index (Phi) is 10.7. The van der Waals surface area contributed by atoms with Gasteiger partial charge < -0.3 is 9.47 Å². The zero-order chi connectivity index (χ0) is 23.9. The third-order valence-corrected chi connectivity index (χ3v) is 8.19. The summed E-state index contributed by atoms with van der Waals surface area (Å²) in [6, 6.07) is 12.3. The minimum absolute atomic E-state index is 0. The molecule has 190 valence electrons. The molecule has 1 aliphatic heterocycles. The first-order valence-corrected chi connectivity index (χ1v) is 13.6. The normalized spacial score (nSPS) is 14.0. The average Bonchev–Trinajstić information content (AvgIpc) is 3.27. The second-order valence-corrected chi connectivity index (χ2v) is 10.7. The van der Waals surface area contributed by atoms with Crippen LogP contribution in [0.1, 0.15) is 24.0 Å². The number of aryl methyl sites for hydroxylation is 2. The standard InChI is InChI=1S/C26H33N3O3S2.ClH/c1-19-17-20(2)25-23(18-19)27-26(34-25)29(11-4-10-28-12-14-32-15-13-28)24(30)9-16-33-22-7-5-21(31-3)6-8-22;/h5-8,17-18H,4,9-16H2,1-3H3;1H. The molecule has 35 heavy (non-hydrogen) atoms. The molecule has 6 nitrogen and oxygen atoms in total. The molecule has 0 atom stereocenters. The fourth-order valence-corrected chi connectivity index (χ4v) is 6.05. The van der Waals surface area contributed by atoms with E-state index in [1.165, 1.54) is 15.8 Å². The van der Waals surface area contributed by atoms with E-state index in [9.17, 15) is 4.79 Å². The van der Waals surface area contributed by atoms with Crippen molar-refractivity contribution in [3.63, 3.8) is 0 Å². The van der Waals surface area contributed by atoms with Crippen molar-refractivity contribution in [1.29, 1.82) is 0 Å². The Morgan fingerprint density at radius 1 is 1.20 bits per heavy atom. The number of morpholine rings is 1. The van der Waals surface area contributed by atoms with Gasteiger partial charge in [-0.1, -0.05) is 17.4 Å². The molecule has 1 fully saturated rings. The number of ether oxygens (including phenoxy) is 2. The largest absolute Gasteiger partial charge is 0.497 e. The number of benzene rings is 2. The van der Waals surface area contributed by atoms with Crippen molar-refractivity contribution in [1.82, 2.24) is 9.88 Å². The van der Waals surface area contributed by atoms with E-state index in [1.54, 1.807) is 30.2 Å². The number of nitrogens with zero attached hydrogens (tertiary/aromatic N) is 3. The molecule has 1 aromatic heterocycles. The topological polar surface area (TPSA) is 54.9 Å². The van der Waals surface area contributed by atoms with Gasteiger partial charge in [0, 0.05) is 43.2 Å². The number of methoxy groups -OCH3 is 1. The van der Waals surface area contributed by atoms with Crippen LogP contribution in [0, 0.1) is 13.8 Å². The van der Waals surface area contributed by atoms with Gasteiger partial charge in [-0.25, -0.2) is 4.98 Å². The summed E-state index contributed by atoms with van der Waals surface area (Å²) >= 11 is 3.32. The van der Waals surface area contributed by atoms with Gasteiger partial charge >= 0.3 is 0 Å². The number of rotatable bonds is 10. The molecule has 2 aromatic carbocycles. The minimum Gasteiger partial charge on any atom is -0.497 e. The van der Waals surface area contributed by atoms with Crippen molar-refractivity contribution in [3.05, 3.63) is 47.5 Å². The fraction of sp³-hybridized carbons (Fsp3) is 0.462. The van der Waals surface area contributed by atoms with Crippen molar-refractivity contribution in [2.75, 3.05) is 57.2 Å². The van der Waals surface area contributed by atoms with E-state index in [1.807, 2.05) is 29.2 Å². The first kappa shape index (κ1) is 27.7. The summed E-state index contributed by atoms with van der Waals surface area (Å²) in [5.41, 5.74) is 3.40. The molecule has 1 saturated heterocycles. The van der Waals surface area contributed by atoms with Crippen LogP contribution in [-0.4, -0.2) is 68.0 Å². The van der Waals surface area contributed by atoms with Crippen molar-refractivity contribution >= 4 is 56.8 Å². The predicted octanol–water partition coefficient (Wildman–Crippen LogP) is 5.58. The quantitative estimate of drug-likeness (QED) is 0.316. The summed E-state index contributed by atoms with van der Waals surface area (Å²) in [6.07, 6.45) is 1.40. The lowest BCUT2D eigenvalue weighted by molar-refractivity contribution is -0.118. The lowest BCUT2D eigenvalue weighted by atomic mass is 10.1. The van der Waals surface area contributed by atoms with Crippen molar-refractivity contribution < 1.29 is 14.3 Å². The van der Waals surface area contributed by atoms with Crippen LogP contribution < -0.4 is 9.64 Å². The molecule has 2 heterocycles. The Hall–Kier alpha value is -1.84.